The second kappa shape index (κ2) is 9.29. The molecule has 0 aliphatic carbocycles. The van der Waals surface area contributed by atoms with E-state index in [1.807, 2.05) is 62.2 Å². The van der Waals surface area contributed by atoms with Gasteiger partial charge in [-0.05, 0) is 108 Å². The molecule has 2 aromatic rings. The molecule has 1 heterocycles. The Morgan fingerprint density at radius 3 is 2.10 bits per heavy atom. The van der Waals surface area contributed by atoms with Gasteiger partial charge >= 0.3 is 5.97 Å². The van der Waals surface area contributed by atoms with Crippen LogP contribution in [0.15, 0.2) is 36.4 Å². The SMILES string of the molecule is CC(C)(Oc1ccc(C2CCN(C(=O)c3cc(I)c(O)c(I)c3)CC2)cc1)C(=O)O. The molecular weight excluding hydrogens is 612 g/mol. The molecule has 1 amide bonds. The van der Waals surface area contributed by atoms with Crippen molar-refractivity contribution in [1.29, 1.82) is 0 Å². The highest BCUT2D eigenvalue weighted by Gasteiger charge is 2.30. The Morgan fingerprint density at radius 2 is 1.60 bits per heavy atom. The minimum absolute atomic E-state index is 0.0102. The first-order valence-electron chi connectivity index (χ1n) is 9.58. The Bertz CT molecular complexity index is 927. The van der Waals surface area contributed by atoms with Crippen LogP contribution < -0.4 is 4.74 Å². The second-order valence-electron chi connectivity index (χ2n) is 7.84. The number of halogens is 2. The van der Waals surface area contributed by atoms with Gasteiger partial charge in [0.1, 0.15) is 11.5 Å². The number of carboxylic acids is 1. The van der Waals surface area contributed by atoms with Crippen LogP contribution in [0.2, 0.25) is 0 Å². The summed E-state index contributed by atoms with van der Waals surface area (Å²) in [6, 6.07) is 11.0. The summed E-state index contributed by atoms with van der Waals surface area (Å²) in [6.45, 7) is 4.38. The molecule has 6 nitrogen and oxygen atoms in total. The number of likely N-dealkylation sites (tertiary alicyclic amines) is 1. The largest absolute Gasteiger partial charge is 0.506 e. The molecule has 0 aromatic heterocycles. The van der Waals surface area contributed by atoms with Crippen molar-refractivity contribution in [1.82, 2.24) is 4.90 Å². The summed E-state index contributed by atoms with van der Waals surface area (Å²) in [4.78, 5) is 25.9. The first-order chi connectivity index (χ1) is 14.1. The summed E-state index contributed by atoms with van der Waals surface area (Å²) >= 11 is 4.07. The van der Waals surface area contributed by atoms with E-state index in [2.05, 4.69) is 0 Å². The van der Waals surface area contributed by atoms with Crippen molar-refractivity contribution in [3.05, 3.63) is 54.7 Å². The highest BCUT2D eigenvalue weighted by Crippen LogP contribution is 2.32. The Kier molecular flexibility index (Phi) is 7.16. The normalized spacial score (nSPS) is 15.1. The molecule has 160 valence electrons. The summed E-state index contributed by atoms with van der Waals surface area (Å²) in [7, 11) is 0. The van der Waals surface area contributed by atoms with E-state index in [4.69, 9.17) is 4.74 Å². The number of carboxylic acid groups (broad SMARTS) is 1. The van der Waals surface area contributed by atoms with Crippen molar-refractivity contribution in [3.63, 3.8) is 0 Å². The quantitative estimate of drug-likeness (QED) is 0.459. The fraction of sp³-hybridized carbons (Fsp3) is 0.364. The average molecular weight is 635 g/mol. The van der Waals surface area contributed by atoms with E-state index >= 15 is 0 Å². The number of amides is 1. The number of phenols is 1. The summed E-state index contributed by atoms with van der Waals surface area (Å²) in [5.41, 5.74) is 0.482. The molecule has 0 saturated carbocycles. The predicted molar refractivity (Wildman–Crippen MR) is 130 cm³/mol. The summed E-state index contributed by atoms with van der Waals surface area (Å²) in [5, 5.41) is 19.1. The third kappa shape index (κ3) is 5.19. The number of nitrogens with zero attached hydrogens (tertiary/aromatic N) is 1. The molecule has 1 aliphatic rings. The van der Waals surface area contributed by atoms with Crippen LogP contribution in [-0.4, -0.2) is 45.7 Å². The molecule has 0 radical (unpaired) electrons. The summed E-state index contributed by atoms with van der Waals surface area (Å²) in [5.74, 6) is 0.0575. The highest BCUT2D eigenvalue weighted by atomic mass is 127. The molecular formula is C22H23I2NO5. The maximum absolute atomic E-state index is 12.9. The van der Waals surface area contributed by atoms with E-state index in [1.54, 1.807) is 24.3 Å². The van der Waals surface area contributed by atoms with Crippen molar-refractivity contribution in [3.8, 4) is 11.5 Å². The van der Waals surface area contributed by atoms with Crippen molar-refractivity contribution in [2.75, 3.05) is 13.1 Å². The fourth-order valence-corrected chi connectivity index (χ4v) is 5.20. The van der Waals surface area contributed by atoms with Gasteiger partial charge in [0.25, 0.3) is 5.91 Å². The zero-order valence-corrected chi connectivity index (χ0v) is 21.0. The third-order valence-corrected chi connectivity index (χ3v) is 6.93. The van der Waals surface area contributed by atoms with Crippen LogP contribution in [0.25, 0.3) is 0 Å². The molecule has 2 aromatic carbocycles. The molecule has 30 heavy (non-hydrogen) atoms. The lowest BCUT2D eigenvalue weighted by Gasteiger charge is -2.32. The van der Waals surface area contributed by atoms with Gasteiger partial charge in [-0.1, -0.05) is 12.1 Å². The second-order valence-corrected chi connectivity index (χ2v) is 10.2. The molecule has 8 heteroatoms. The van der Waals surface area contributed by atoms with Gasteiger partial charge in [0.2, 0.25) is 0 Å². The van der Waals surface area contributed by atoms with Gasteiger partial charge in [0, 0.05) is 18.7 Å². The first kappa shape index (κ1) is 23.1. The van der Waals surface area contributed by atoms with E-state index < -0.39 is 11.6 Å². The fourth-order valence-electron chi connectivity index (χ4n) is 3.43. The highest BCUT2D eigenvalue weighted by molar-refractivity contribution is 14.1. The van der Waals surface area contributed by atoms with E-state index in [0.29, 0.717) is 37.5 Å². The summed E-state index contributed by atoms with van der Waals surface area (Å²) < 4.78 is 6.90. The number of rotatable bonds is 5. The molecule has 3 rings (SSSR count). The molecule has 1 aliphatic heterocycles. The molecule has 2 N–H and O–H groups in total. The lowest BCUT2D eigenvalue weighted by Crippen LogP contribution is -2.38. The zero-order valence-electron chi connectivity index (χ0n) is 16.7. The van der Waals surface area contributed by atoms with E-state index in [-0.39, 0.29) is 11.7 Å². The van der Waals surface area contributed by atoms with E-state index in [0.717, 1.165) is 18.4 Å². The van der Waals surface area contributed by atoms with Crippen LogP contribution in [0.5, 0.6) is 11.5 Å². The number of aromatic hydroxyl groups is 1. The Morgan fingerprint density at radius 1 is 1.07 bits per heavy atom. The van der Waals surface area contributed by atoms with Crippen LogP contribution in [0.1, 0.15) is 48.5 Å². The molecule has 0 atom stereocenters. The average Bonchev–Trinajstić information content (AvgIpc) is 2.71. The van der Waals surface area contributed by atoms with Crippen LogP contribution >= 0.6 is 45.2 Å². The first-order valence-corrected chi connectivity index (χ1v) is 11.7. The standard InChI is InChI=1S/C22H23I2NO5/c1-22(2,21(28)29)30-16-5-3-13(4-6-16)14-7-9-25(10-8-14)20(27)15-11-17(23)19(26)18(24)12-15/h3-6,11-12,14,26H,7-10H2,1-2H3,(H,28,29). The number of carbonyl (C=O) groups excluding carboxylic acids is 1. The molecule has 0 spiro atoms. The molecule has 0 bridgehead atoms. The number of hydrogen-bond acceptors (Lipinski definition) is 4. The number of benzene rings is 2. The van der Waals surface area contributed by atoms with Crippen LogP contribution in [0, 0.1) is 7.14 Å². The van der Waals surface area contributed by atoms with Crippen molar-refractivity contribution < 1.29 is 24.5 Å². The predicted octanol–water partition coefficient (Wildman–Crippen LogP) is 4.86. The van der Waals surface area contributed by atoms with Crippen LogP contribution in [0.4, 0.5) is 0 Å². The monoisotopic (exact) mass is 635 g/mol. The number of aliphatic carboxylic acids is 1. The topological polar surface area (TPSA) is 87.1 Å². The Labute approximate surface area is 202 Å². The smallest absolute Gasteiger partial charge is 0.347 e. The lowest BCUT2D eigenvalue weighted by atomic mass is 9.89. The van der Waals surface area contributed by atoms with Gasteiger partial charge in [-0.2, -0.15) is 0 Å². The van der Waals surface area contributed by atoms with Gasteiger partial charge in [0.05, 0.1) is 7.14 Å². The van der Waals surface area contributed by atoms with Gasteiger partial charge in [-0.25, -0.2) is 4.79 Å². The van der Waals surface area contributed by atoms with Gasteiger partial charge in [-0.3, -0.25) is 4.79 Å². The number of hydrogen-bond donors (Lipinski definition) is 2. The number of piperidine rings is 1. The lowest BCUT2D eigenvalue weighted by molar-refractivity contribution is -0.152. The van der Waals surface area contributed by atoms with E-state index in [9.17, 15) is 19.8 Å². The maximum Gasteiger partial charge on any atom is 0.347 e. The summed E-state index contributed by atoms with van der Waals surface area (Å²) in [6.07, 6.45) is 1.72. The van der Waals surface area contributed by atoms with Gasteiger partial charge in [0.15, 0.2) is 5.60 Å². The van der Waals surface area contributed by atoms with Crippen molar-refractivity contribution in [2.24, 2.45) is 0 Å². The molecule has 1 fully saturated rings. The van der Waals surface area contributed by atoms with Crippen molar-refractivity contribution >= 4 is 57.1 Å². The van der Waals surface area contributed by atoms with Gasteiger partial charge < -0.3 is 19.8 Å². The Hall–Kier alpha value is -1.56. The zero-order chi connectivity index (χ0) is 22.1. The maximum atomic E-state index is 12.9. The minimum atomic E-state index is -1.28. The third-order valence-electron chi connectivity index (χ3n) is 5.29. The number of ether oxygens (including phenoxy) is 1. The number of phenolic OH excluding ortho intramolecular Hbond substituents is 1. The Balaban J connectivity index is 1.61. The van der Waals surface area contributed by atoms with Crippen molar-refractivity contribution in [2.45, 2.75) is 38.2 Å². The molecule has 1 saturated heterocycles. The van der Waals surface area contributed by atoms with Crippen LogP contribution in [0.3, 0.4) is 0 Å². The number of carbonyl (C=O) groups is 2. The van der Waals surface area contributed by atoms with Gasteiger partial charge in [-0.15, -0.1) is 0 Å². The minimum Gasteiger partial charge on any atom is -0.506 e. The van der Waals surface area contributed by atoms with E-state index in [1.165, 1.54) is 13.8 Å². The van der Waals surface area contributed by atoms with Crippen LogP contribution in [-0.2, 0) is 4.79 Å². The molecule has 0 unspecified atom stereocenters.